The molecule has 0 spiro atoms. The Kier molecular flexibility index (Phi) is 4.88. The molecule has 1 saturated carbocycles. The van der Waals surface area contributed by atoms with E-state index in [4.69, 9.17) is 9.26 Å². The summed E-state index contributed by atoms with van der Waals surface area (Å²) < 4.78 is 52.6. The first-order chi connectivity index (χ1) is 14.3. The van der Waals surface area contributed by atoms with Crippen molar-refractivity contribution in [3.05, 3.63) is 58.7 Å². The van der Waals surface area contributed by atoms with Crippen LogP contribution in [0.25, 0.3) is 5.69 Å². The number of esters is 1. The highest BCUT2D eigenvalue weighted by atomic mass is 19.4. The van der Waals surface area contributed by atoms with E-state index in [0.717, 1.165) is 16.8 Å². The van der Waals surface area contributed by atoms with E-state index in [1.165, 1.54) is 18.5 Å². The minimum Gasteiger partial charge on any atom is -0.461 e. The summed E-state index contributed by atoms with van der Waals surface area (Å²) in [6, 6.07) is 3.16. The van der Waals surface area contributed by atoms with Gasteiger partial charge >= 0.3 is 12.1 Å². The molecular weight excluding hydrogens is 405 g/mol. The third kappa shape index (κ3) is 3.58. The molecule has 2 heterocycles. The van der Waals surface area contributed by atoms with Gasteiger partial charge in [0.15, 0.2) is 11.5 Å². The number of halogens is 3. The maximum atomic E-state index is 13.8. The Balaban J connectivity index is 1.84. The van der Waals surface area contributed by atoms with Crippen molar-refractivity contribution < 1.29 is 32.0 Å². The van der Waals surface area contributed by atoms with E-state index < -0.39 is 34.7 Å². The highest BCUT2D eigenvalue weighted by molar-refractivity contribution is 6.15. The summed E-state index contributed by atoms with van der Waals surface area (Å²) >= 11 is 0. The standard InChI is InChI=1S/C19H15F3N4O4/c1-2-29-18(28)15-14(17(30-24-15)10-3-4-10)16(27)12-6-5-11(26-8-7-23-25-26)9-13(12)19(20,21)22/h5-10H,2-4H2,1H3. The summed E-state index contributed by atoms with van der Waals surface area (Å²) in [5, 5.41) is 10.9. The molecule has 0 aliphatic heterocycles. The number of ether oxygens (including phenoxy) is 1. The van der Waals surface area contributed by atoms with Gasteiger partial charge in [-0.05, 0) is 38.0 Å². The Morgan fingerprint density at radius 2 is 2.07 bits per heavy atom. The maximum absolute atomic E-state index is 13.8. The molecule has 0 amide bonds. The summed E-state index contributed by atoms with van der Waals surface area (Å²) in [6.45, 7) is 1.57. The van der Waals surface area contributed by atoms with Gasteiger partial charge in [0, 0.05) is 11.5 Å². The highest BCUT2D eigenvalue weighted by Crippen LogP contribution is 2.44. The third-order valence-corrected chi connectivity index (χ3v) is 4.60. The minimum atomic E-state index is -4.83. The predicted octanol–water partition coefficient (Wildman–Crippen LogP) is 3.56. The van der Waals surface area contributed by atoms with Gasteiger partial charge in [-0.2, -0.15) is 13.2 Å². The van der Waals surface area contributed by atoms with Crippen LogP contribution in [-0.4, -0.2) is 38.5 Å². The Labute approximate surface area is 167 Å². The van der Waals surface area contributed by atoms with E-state index in [9.17, 15) is 22.8 Å². The molecule has 1 aliphatic rings. The number of aromatic nitrogens is 4. The normalized spacial score (nSPS) is 14.0. The lowest BCUT2D eigenvalue weighted by Crippen LogP contribution is -2.18. The lowest BCUT2D eigenvalue weighted by Gasteiger charge is -2.14. The van der Waals surface area contributed by atoms with E-state index in [0.29, 0.717) is 12.8 Å². The monoisotopic (exact) mass is 420 g/mol. The SMILES string of the molecule is CCOC(=O)c1noc(C2CC2)c1C(=O)c1ccc(-n2ccnn2)cc1C(F)(F)F. The van der Waals surface area contributed by atoms with Crippen LogP contribution in [0.3, 0.4) is 0 Å². The van der Waals surface area contributed by atoms with Gasteiger partial charge in [-0.1, -0.05) is 10.4 Å². The number of hydrogen-bond donors (Lipinski definition) is 0. The lowest BCUT2D eigenvalue weighted by molar-refractivity contribution is -0.137. The average Bonchev–Trinajstić information content (AvgIpc) is 3.23. The number of rotatable bonds is 6. The Hall–Kier alpha value is -3.50. The molecule has 0 unspecified atom stereocenters. The zero-order chi connectivity index (χ0) is 21.5. The van der Waals surface area contributed by atoms with Crippen molar-refractivity contribution in [2.45, 2.75) is 31.9 Å². The largest absolute Gasteiger partial charge is 0.461 e. The van der Waals surface area contributed by atoms with Crippen LogP contribution in [0.2, 0.25) is 0 Å². The van der Waals surface area contributed by atoms with E-state index in [1.54, 1.807) is 6.92 Å². The van der Waals surface area contributed by atoms with E-state index in [2.05, 4.69) is 15.5 Å². The second kappa shape index (κ2) is 7.39. The summed E-state index contributed by atoms with van der Waals surface area (Å²) in [6.07, 6.45) is -0.759. The molecule has 156 valence electrons. The molecule has 30 heavy (non-hydrogen) atoms. The molecule has 0 N–H and O–H groups in total. The number of alkyl halides is 3. The van der Waals surface area contributed by atoms with Crippen molar-refractivity contribution in [2.75, 3.05) is 6.61 Å². The van der Waals surface area contributed by atoms with Crippen LogP contribution in [-0.2, 0) is 10.9 Å². The molecule has 0 bridgehead atoms. The molecule has 0 radical (unpaired) electrons. The molecular formula is C19H15F3N4O4. The van der Waals surface area contributed by atoms with Gasteiger partial charge in [0.1, 0.15) is 5.56 Å². The van der Waals surface area contributed by atoms with Crippen molar-refractivity contribution in [3.63, 3.8) is 0 Å². The van der Waals surface area contributed by atoms with Crippen molar-refractivity contribution in [3.8, 4) is 5.69 Å². The topological polar surface area (TPSA) is 100 Å². The van der Waals surface area contributed by atoms with Gasteiger partial charge in [-0.25, -0.2) is 9.48 Å². The van der Waals surface area contributed by atoms with Crippen LogP contribution in [0.1, 0.15) is 63.4 Å². The molecule has 0 atom stereocenters. The lowest BCUT2D eigenvalue weighted by atomic mass is 9.95. The van der Waals surface area contributed by atoms with Crippen LogP contribution in [0.5, 0.6) is 0 Å². The van der Waals surface area contributed by atoms with Gasteiger partial charge in [0.05, 0.1) is 30.3 Å². The molecule has 1 aliphatic carbocycles. The van der Waals surface area contributed by atoms with Gasteiger partial charge < -0.3 is 9.26 Å². The van der Waals surface area contributed by atoms with Crippen LogP contribution >= 0.6 is 0 Å². The fourth-order valence-electron chi connectivity index (χ4n) is 3.07. The number of hydrogen-bond acceptors (Lipinski definition) is 7. The summed E-state index contributed by atoms with van der Waals surface area (Å²) in [4.78, 5) is 25.4. The van der Waals surface area contributed by atoms with Gasteiger partial charge in [-0.15, -0.1) is 5.10 Å². The molecule has 0 saturated heterocycles. The van der Waals surface area contributed by atoms with Gasteiger partial charge in [-0.3, -0.25) is 4.79 Å². The fraction of sp³-hybridized carbons (Fsp3) is 0.316. The smallest absolute Gasteiger partial charge is 0.417 e. The fourth-order valence-corrected chi connectivity index (χ4v) is 3.07. The van der Waals surface area contributed by atoms with Crippen LogP contribution < -0.4 is 0 Å². The van der Waals surface area contributed by atoms with Crippen molar-refractivity contribution in [1.29, 1.82) is 0 Å². The van der Waals surface area contributed by atoms with Crippen molar-refractivity contribution in [1.82, 2.24) is 20.2 Å². The molecule has 11 heteroatoms. The molecule has 1 aromatic carbocycles. The second-order valence-corrected chi connectivity index (χ2v) is 6.67. The first kappa shape index (κ1) is 19.8. The Morgan fingerprint density at radius 3 is 2.67 bits per heavy atom. The molecule has 4 rings (SSSR count). The van der Waals surface area contributed by atoms with Crippen molar-refractivity contribution in [2.24, 2.45) is 0 Å². The van der Waals surface area contributed by atoms with E-state index >= 15 is 0 Å². The number of nitrogens with zero attached hydrogens (tertiary/aromatic N) is 4. The Morgan fingerprint density at radius 1 is 1.30 bits per heavy atom. The summed E-state index contributed by atoms with van der Waals surface area (Å²) in [5.41, 5.74) is -2.41. The van der Waals surface area contributed by atoms with E-state index in [-0.39, 0.29) is 29.5 Å². The summed E-state index contributed by atoms with van der Waals surface area (Å²) in [5.74, 6) is -1.98. The van der Waals surface area contributed by atoms with E-state index in [1.807, 2.05) is 0 Å². The second-order valence-electron chi connectivity index (χ2n) is 6.67. The number of benzene rings is 1. The zero-order valence-electron chi connectivity index (χ0n) is 15.6. The molecule has 2 aromatic heterocycles. The minimum absolute atomic E-state index is 0.0124. The number of ketones is 1. The quantitative estimate of drug-likeness (QED) is 0.444. The highest BCUT2D eigenvalue weighted by Gasteiger charge is 2.41. The first-order valence-corrected chi connectivity index (χ1v) is 9.10. The number of carbonyl (C=O) groups excluding carboxylic acids is 2. The number of carbonyl (C=O) groups is 2. The van der Waals surface area contributed by atoms with Crippen LogP contribution in [0.4, 0.5) is 13.2 Å². The first-order valence-electron chi connectivity index (χ1n) is 9.10. The maximum Gasteiger partial charge on any atom is 0.417 e. The van der Waals surface area contributed by atoms with Gasteiger partial charge in [0.2, 0.25) is 5.69 Å². The predicted molar refractivity (Wildman–Crippen MR) is 94.2 cm³/mol. The molecule has 1 fully saturated rings. The van der Waals surface area contributed by atoms with Crippen LogP contribution in [0, 0.1) is 0 Å². The average molecular weight is 420 g/mol. The Bertz CT molecular complexity index is 1100. The van der Waals surface area contributed by atoms with Crippen molar-refractivity contribution >= 4 is 11.8 Å². The van der Waals surface area contributed by atoms with Gasteiger partial charge in [0.25, 0.3) is 0 Å². The third-order valence-electron chi connectivity index (χ3n) is 4.60. The molecule has 8 nitrogen and oxygen atoms in total. The van der Waals surface area contributed by atoms with Crippen LogP contribution in [0.15, 0.2) is 35.1 Å². The zero-order valence-corrected chi connectivity index (χ0v) is 15.6. The summed E-state index contributed by atoms with van der Waals surface area (Å²) in [7, 11) is 0. The molecule has 3 aromatic rings.